The van der Waals surface area contributed by atoms with Gasteiger partial charge in [0, 0.05) is 12.2 Å². The highest BCUT2D eigenvalue weighted by atomic mass is 14.6. The molecular weight excluding hydrogens is 124 g/mol. The Bertz CT molecular complexity index is 231. The molecule has 0 spiro atoms. The summed E-state index contributed by atoms with van der Waals surface area (Å²) < 4.78 is 0. The maximum absolute atomic E-state index is 5.71. The number of nitrogen functional groups attached to an aromatic ring is 1. The van der Waals surface area contributed by atoms with Gasteiger partial charge in [-0.15, -0.1) is 0 Å². The highest BCUT2D eigenvalue weighted by Gasteiger charge is 1.96. The summed E-state index contributed by atoms with van der Waals surface area (Å²) in [4.78, 5) is 0. The highest BCUT2D eigenvalue weighted by molar-refractivity contribution is 5.52. The normalized spacial score (nSPS) is 9.80. The number of hydrogen-bond donors (Lipinski definition) is 2. The average molecular weight is 136 g/mol. The molecule has 0 bridgehead atoms. The molecule has 0 amide bonds. The molecule has 0 atom stereocenters. The third-order valence-corrected chi connectivity index (χ3v) is 1.63. The van der Waals surface area contributed by atoms with Crippen molar-refractivity contribution < 1.29 is 0 Å². The molecule has 2 heteroatoms. The first-order chi connectivity index (χ1) is 4.75. The quantitative estimate of drug-likeness (QED) is 0.567. The van der Waals surface area contributed by atoms with E-state index in [1.165, 1.54) is 0 Å². The Hall–Kier alpha value is -1.02. The minimum atomic E-state index is 0.521. The van der Waals surface area contributed by atoms with Gasteiger partial charge in [-0.2, -0.15) is 0 Å². The topological polar surface area (TPSA) is 52.0 Å². The van der Waals surface area contributed by atoms with E-state index in [2.05, 4.69) is 0 Å². The molecule has 1 aromatic carbocycles. The highest BCUT2D eigenvalue weighted by Crippen LogP contribution is 2.14. The van der Waals surface area contributed by atoms with Crippen LogP contribution in [0.5, 0.6) is 0 Å². The standard InChI is InChI=1S/C8H12N2/c1-6-3-2-4-7(5-9)8(6)10/h2-4H,5,9-10H2,1H3. The van der Waals surface area contributed by atoms with Crippen LogP contribution < -0.4 is 11.5 Å². The molecule has 0 saturated carbocycles. The van der Waals surface area contributed by atoms with Gasteiger partial charge in [-0.1, -0.05) is 18.2 Å². The van der Waals surface area contributed by atoms with Gasteiger partial charge in [0.1, 0.15) is 0 Å². The van der Waals surface area contributed by atoms with Crippen molar-refractivity contribution in [3.63, 3.8) is 0 Å². The molecule has 10 heavy (non-hydrogen) atoms. The largest absolute Gasteiger partial charge is 0.398 e. The molecule has 0 heterocycles. The fourth-order valence-corrected chi connectivity index (χ4v) is 0.919. The molecule has 2 nitrogen and oxygen atoms in total. The lowest BCUT2D eigenvalue weighted by molar-refractivity contribution is 1.07. The molecular formula is C8H12N2. The van der Waals surface area contributed by atoms with E-state index in [0.29, 0.717) is 6.54 Å². The molecule has 1 rings (SSSR count). The number of benzene rings is 1. The van der Waals surface area contributed by atoms with Crippen LogP contribution in [0.1, 0.15) is 11.1 Å². The maximum atomic E-state index is 5.71. The van der Waals surface area contributed by atoms with Crippen LogP contribution in [0.3, 0.4) is 0 Å². The Balaban J connectivity index is 3.14. The molecule has 0 radical (unpaired) electrons. The number of hydrogen-bond acceptors (Lipinski definition) is 2. The van der Waals surface area contributed by atoms with Gasteiger partial charge in [-0.05, 0) is 18.1 Å². The van der Waals surface area contributed by atoms with E-state index in [4.69, 9.17) is 11.5 Å². The minimum Gasteiger partial charge on any atom is -0.398 e. The molecule has 0 saturated heterocycles. The molecule has 0 aliphatic heterocycles. The third kappa shape index (κ3) is 1.11. The maximum Gasteiger partial charge on any atom is 0.0389 e. The lowest BCUT2D eigenvalue weighted by Crippen LogP contribution is -2.02. The van der Waals surface area contributed by atoms with Crippen LogP contribution in [-0.4, -0.2) is 0 Å². The summed E-state index contributed by atoms with van der Waals surface area (Å²) in [5.41, 5.74) is 14.1. The van der Waals surface area contributed by atoms with Crippen LogP contribution in [0.25, 0.3) is 0 Å². The van der Waals surface area contributed by atoms with Gasteiger partial charge in [-0.25, -0.2) is 0 Å². The van der Waals surface area contributed by atoms with Gasteiger partial charge in [0.25, 0.3) is 0 Å². The monoisotopic (exact) mass is 136 g/mol. The van der Waals surface area contributed by atoms with E-state index in [0.717, 1.165) is 16.8 Å². The second-order valence-electron chi connectivity index (χ2n) is 2.35. The second-order valence-corrected chi connectivity index (χ2v) is 2.35. The Morgan fingerprint density at radius 2 is 2.10 bits per heavy atom. The number of aryl methyl sites for hydroxylation is 1. The summed E-state index contributed by atoms with van der Waals surface area (Å²) in [5, 5.41) is 0. The van der Waals surface area contributed by atoms with Crippen molar-refractivity contribution >= 4 is 5.69 Å². The van der Waals surface area contributed by atoms with Gasteiger partial charge < -0.3 is 11.5 Å². The first-order valence-corrected chi connectivity index (χ1v) is 3.29. The number of anilines is 1. The van der Waals surface area contributed by atoms with Crippen molar-refractivity contribution in [2.24, 2.45) is 5.73 Å². The Morgan fingerprint density at radius 3 is 2.60 bits per heavy atom. The van der Waals surface area contributed by atoms with E-state index in [1.54, 1.807) is 0 Å². The number of nitrogens with two attached hydrogens (primary N) is 2. The molecule has 1 aromatic rings. The van der Waals surface area contributed by atoms with Crippen LogP contribution in [0.4, 0.5) is 5.69 Å². The van der Waals surface area contributed by atoms with E-state index < -0.39 is 0 Å². The smallest absolute Gasteiger partial charge is 0.0389 e. The first-order valence-electron chi connectivity index (χ1n) is 3.29. The Morgan fingerprint density at radius 1 is 1.40 bits per heavy atom. The van der Waals surface area contributed by atoms with Gasteiger partial charge in [0.15, 0.2) is 0 Å². The molecule has 4 N–H and O–H groups in total. The summed E-state index contributed by atoms with van der Waals surface area (Å²) in [5.74, 6) is 0. The van der Waals surface area contributed by atoms with Crippen LogP contribution >= 0.6 is 0 Å². The van der Waals surface area contributed by atoms with E-state index in [-0.39, 0.29) is 0 Å². The van der Waals surface area contributed by atoms with E-state index in [1.807, 2.05) is 25.1 Å². The number of para-hydroxylation sites is 1. The van der Waals surface area contributed by atoms with Gasteiger partial charge in [0.2, 0.25) is 0 Å². The second kappa shape index (κ2) is 2.71. The predicted octanol–water partition coefficient (Wildman–Crippen LogP) is 1.04. The average Bonchev–Trinajstić information content (AvgIpc) is 1.95. The van der Waals surface area contributed by atoms with Crippen LogP contribution in [0.15, 0.2) is 18.2 Å². The van der Waals surface area contributed by atoms with Crippen molar-refractivity contribution in [1.29, 1.82) is 0 Å². The SMILES string of the molecule is Cc1cccc(CN)c1N. The van der Waals surface area contributed by atoms with Crippen molar-refractivity contribution in [3.8, 4) is 0 Å². The molecule has 0 fully saturated rings. The van der Waals surface area contributed by atoms with Crippen LogP contribution in [-0.2, 0) is 6.54 Å². The fourth-order valence-electron chi connectivity index (χ4n) is 0.919. The van der Waals surface area contributed by atoms with E-state index >= 15 is 0 Å². The van der Waals surface area contributed by atoms with Gasteiger partial charge >= 0.3 is 0 Å². The molecule has 0 unspecified atom stereocenters. The first kappa shape index (κ1) is 7.09. The third-order valence-electron chi connectivity index (χ3n) is 1.63. The molecule has 0 aliphatic carbocycles. The van der Waals surface area contributed by atoms with Crippen LogP contribution in [0, 0.1) is 6.92 Å². The van der Waals surface area contributed by atoms with Crippen molar-refractivity contribution in [3.05, 3.63) is 29.3 Å². The fraction of sp³-hybridized carbons (Fsp3) is 0.250. The molecule has 0 aromatic heterocycles. The lowest BCUT2D eigenvalue weighted by atomic mass is 10.1. The summed E-state index contributed by atoms with van der Waals surface area (Å²) in [7, 11) is 0. The van der Waals surface area contributed by atoms with Crippen molar-refractivity contribution in [2.75, 3.05) is 5.73 Å². The van der Waals surface area contributed by atoms with E-state index in [9.17, 15) is 0 Å². The zero-order valence-electron chi connectivity index (χ0n) is 6.09. The van der Waals surface area contributed by atoms with Gasteiger partial charge in [0.05, 0.1) is 0 Å². The summed E-state index contributed by atoms with van der Waals surface area (Å²) in [6.45, 7) is 2.50. The van der Waals surface area contributed by atoms with Gasteiger partial charge in [-0.3, -0.25) is 0 Å². The summed E-state index contributed by atoms with van der Waals surface area (Å²) in [6.07, 6.45) is 0. The molecule has 54 valence electrons. The summed E-state index contributed by atoms with van der Waals surface area (Å²) in [6, 6.07) is 5.89. The van der Waals surface area contributed by atoms with Crippen molar-refractivity contribution in [2.45, 2.75) is 13.5 Å². The van der Waals surface area contributed by atoms with Crippen molar-refractivity contribution in [1.82, 2.24) is 0 Å². The minimum absolute atomic E-state index is 0.521. The zero-order chi connectivity index (χ0) is 7.56. The Labute approximate surface area is 60.8 Å². The molecule has 0 aliphatic rings. The number of rotatable bonds is 1. The zero-order valence-corrected chi connectivity index (χ0v) is 6.09. The summed E-state index contributed by atoms with van der Waals surface area (Å²) >= 11 is 0. The van der Waals surface area contributed by atoms with Crippen LogP contribution in [0.2, 0.25) is 0 Å². The lowest BCUT2D eigenvalue weighted by Gasteiger charge is -2.04. The predicted molar refractivity (Wildman–Crippen MR) is 43.5 cm³/mol. The Kier molecular flexibility index (Phi) is 1.92.